The van der Waals surface area contributed by atoms with Gasteiger partial charge in [-0.2, -0.15) is 0 Å². The molecule has 0 aliphatic carbocycles. The highest BCUT2D eigenvalue weighted by atomic mass is 79.9. The number of amides is 1. The van der Waals surface area contributed by atoms with E-state index in [4.69, 9.17) is 0 Å². The largest absolute Gasteiger partial charge is 0.507 e. The minimum Gasteiger partial charge on any atom is -0.507 e. The van der Waals surface area contributed by atoms with Crippen LogP contribution < -0.4 is 4.90 Å². The first-order valence-electron chi connectivity index (χ1n) is 8.06. The smallest absolute Gasteiger partial charge is 0.301 e. The Hall–Kier alpha value is -2.91. The van der Waals surface area contributed by atoms with E-state index in [0.29, 0.717) is 5.56 Å². The molecule has 1 aliphatic rings. The highest BCUT2D eigenvalue weighted by Gasteiger charge is 2.48. The molecule has 1 N–H and O–H groups in total. The Morgan fingerprint density at radius 3 is 2.57 bits per heavy atom. The van der Waals surface area contributed by atoms with Gasteiger partial charge < -0.3 is 5.11 Å². The van der Waals surface area contributed by atoms with Crippen LogP contribution in [0.5, 0.6) is 0 Å². The Balaban J connectivity index is 1.95. The van der Waals surface area contributed by atoms with Crippen LogP contribution in [0.4, 0.5) is 9.52 Å². The second-order valence-corrected chi connectivity index (χ2v) is 7.68. The maximum Gasteiger partial charge on any atom is 0.301 e. The van der Waals surface area contributed by atoms with Crippen LogP contribution in [0.2, 0.25) is 0 Å². The van der Waals surface area contributed by atoms with Crippen LogP contribution in [-0.4, -0.2) is 27.0 Å². The van der Waals surface area contributed by atoms with Crippen molar-refractivity contribution < 1.29 is 19.1 Å². The minimum atomic E-state index is -0.893. The number of carbonyl (C=O) groups excluding carboxylic acids is 2. The van der Waals surface area contributed by atoms with E-state index < -0.39 is 23.5 Å². The predicted octanol–water partition coefficient (Wildman–Crippen LogP) is 4.07. The minimum absolute atomic E-state index is 0.0927. The number of aromatic nitrogens is 2. The van der Waals surface area contributed by atoms with Crippen molar-refractivity contribution in [3.8, 4) is 0 Å². The Kier molecular flexibility index (Phi) is 4.78. The Bertz CT molecular complexity index is 1100. The number of aliphatic hydroxyl groups excluding tert-OH is 1. The molecular formula is C19H11BrFN3O3S. The summed E-state index contributed by atoms with van der Waals surface area (Å²) in [5.74, 6) is -2.52. The number of halogens is 2. The fourth-order valence-corrected chi connectivity index (χ4v) is 4.06. The normalized spacial score (nSPS) is 18.6. The standard InChI is InChI=1S/C19H11BrFN3O3S/c20-12-3-1-2-11(8-12)15-14(16(25)10-4-6-13(21)7-5-10)17(26)18(27)24(15)19-23-22-9-28-19/h1-9,15,25H/t15-/m1/s1. The lowest BCUT2D eigenvalue weighted by molar-refractivity contribution is -0.132. The number of hydrogen-bond acceptors (Lipinski definition) is 6. The molecule has 1 aliphatic heterocycles. The summed E-state index contributed by atoms with van der Waals surface area (Å²) in [6.45, 7) is 0. The van der Waals surface area contributed by atoms with Crippen LogP contribution in [-0.2, 0) is 9.59 Å². The molecular weight excluding hydrogens is 449 g/mol. The molecule has 6 nitrogen and oxygen atoms in total. The van der Waals surface area contributed by atoms with E-state index in [0.717, 1.165) is 15.8 Å². The first-order valence-corrected chi connectivity index (χ1v) is 9.73. The number of hydrogen-bond donors (Lipinski definition) is 1. The van der Waals surface area contributed by atoms with Crippen molar-refractivity contribution in [2.75, 3.05) is 4.90 Å². The van der Waals surface area contributed by atoms with E-state index in [1.54, 1.807) is 24.3 Å². The van der Waals surface area contributed by atoms with Gasteiger partial charge in [-0.3, -0.25) is 14.5 Å². The number of rotatable bonds is 3. The van der Waals surface area contributed by atoms with Gasteiger partial charge in [0, 0.05) is 10.0 Å². The average Bonchev–Trinajstić information content (AvgIpc) is 3.29. The van der Waals surface area contributed by atoms with Gasteiger partial charge in [-0.1, -0.05) is 39.4 Å². The fourth-order valence-electron chi connectivity index (χ4n) is 3.06. The Morgan fingerprint density at radius 1 is 1.18 bits per heavy atom. The number of ketones is 1. The van der Waals surface area contributed by atoms with Gasteiger partial charge in [-0.15, -0.1) is 10.2 Å². The predicted molar refractivity (Wildman–Crippen MR) is 105 cm³/mol. The van der Waals surface area contributed by atoms with E-state index >= 15 is 0 Å². The van der Waals surface area contributed by atoms with Gasteiger partial charge in [-0.05, 0) is 42.0 Å². The molecule has 140 valence electrons. The highest BCUT2D eigenvalue weighted by Crippen LogP contribution is 2.42. The number of aliphatic hydroxyl groups is 1. The van der Waals surface area contributed by atoms with Crippen molar-refractivity contribution in [1.82, 2.24) is 10.2 Å². The van der Waals surface area contributed by atoms with Gasteiger partial charge in [-0.25, -0.2) is 4.39 Å². The maximum absolute atomic E-state index is 13.3. The zero-order valence-corrected chi connectivity index (χ0v) is 16.4. The van der Waals surface area contributed by atoms with Crippen LogP contribution in [0.1, 0.15) is 17.2 Å². The van der Waals surface area contributed by atoms with Crippen molar-refractivity contribution in [3.63, 3.8) is 0 Å². The summed E-state index contributed by atoms with van der Waals surface area (Å²) in [6, 6.07) is 11.2. The molecule has 2 aromatic carbocycles. The van der Waals surface area contributed by atoms with E-state index in [1.807, 2.05) is 0 Å². The third-order valence-corrected chi connectivity index (χ3v) is 5.46. The number of carbonyl (C=O) groups is 2. The number of anilines is 1. The van der Waals surface area contributed by atoms with E-state index in [1.165, 1.54) is 34.7 Å². The lowest BCUT2D eigenvalue weighted by Gasteiger charge is -2.22. The fraction of sp³-hybridized carbons (Fsp3) is 0.0526. The monoisotopic (exact) mass is 459 g/mol. The molecule has 28 heavy (non-hydrogen) atoms. The topological polar surface area (TPSA) is 83.4 Å². The molecule has 1 fully saturated rings. The average molecular weight is 460 g/mol. The molecule has 9 heteroatoms. The molecule has 1 aromatic heterocycles. The molecule has 1 amide bonds. The van der Waals surface area contributed by atoms with Crippen LogP contribution in [0.15, 0.2) is 64.1 Å². The van der Waals surface area contributed by atoms with Crippen molar-refractivity contribution in [3.05, 3.63) is 81.0 Å². The first-order chi connectivity index (χ1) is 13.5. The molecule has 1 saturated heterocycles. The molecule has 1 atom stereocenters. The molecule has 0 saturated carbocycles. The van der Waals surface area contributed by atoms with Crippen LogP contribution >= 0.6 is 27.3 Å². The quantitative estimate of drug-likeness (QED) is 0.362. The van der Waals surface area contributed by atoms with Crippen LogP contribution in [0, 0.1) is 5.82 Å². The summed E-state index contributed by atoms with van der Waals surface area (Å²) in [5.41, 5.74) is 2.20. The van der Waals surface area contributed by atoms with Crippen molar-refractivity contribution in [1.29, 1.82) is 0 Å². The van der Waals surface area contributed by atoms with Crippen LogP contribution in [0.3, 0.4) is 0 Å². The highest BCUT2D eigenvalue weighted by molar-refractivity contribution is 9.10. The molecule has 0 bridgehead atoms. The maximum atomic E-state index is 13.3. The summed E-state index contributed by atoms with van der Waals surface area (Å²) < 4.78 is 14.0. The molecule has 0 unspecified atom stereocenters. The van der Waals surface area contributed by atoms with Crippen molar-refractivity contribution >= 4 is 49.8 Å². The molecule has 3 aromatic rings. The molecule has 0 spiro atoms. The number of benzene rings is 2. The van der Waals surface area contributed by atoms with E-state index in [9.17, 15) is 19.1 Å². The van der Waals surface area contributed by atoms with Gasteiger partial charge in [0.15, 0.2) is 0 Å². The van der Waals surface area contributed by atoms with Gasteiger partial charge in [0.2, 0.25) is 5.13 Å². The van der Waals surface area contributed by atoms with Gasteiger partial charge in [0.05, 0.1) is 11.6 Å². The SMILES string of the molecule is O=C1C(=O)N(c2nncs2)[C@H](c2cccc(Br)c2)C1=C(O)c1ccc(F)cc1. The van der Waals surface area contributed by atoms with Crippen molar-refractivity contribution in [2.24, 2.45) is 0 Å². The Labute approximate surface area is 171 Å². The van der Waals surface area contributed by atoms with Gasteiger partial charge in [0.25, 0.3) is 5.78 Å². The lowest BCUT2D eigenvalue weighted by Crippen LogP contribution is -2.29. The second-order valence-electron chi connectivity index (χ2n) is 5.95. The second kappa shape index (κ2) is 7.25. The molecule has 4 rings (SSSR count). The van der Waals surface area contributed by atoms with Crippen molar-refractivity contribution in [2.45, 2.75) is 6.04 Å². The third kappa shape index (κ3) is 3.12. The zero-order valence-electron chi connectivity index (χ0n) is 14.0. The molecule has 0 radical (unpaired) electrons. The third-order valence-electron chi connectivity index (χ3n) is 4.28. The first kappa shape index (κ1) is 18.5. The summed E-state index contributed by atoms with van der Waals surface area (Å²) in [4.78, 5) is 26.8. The van der Waals surface area contributed by atoms with E-state index in [-0.39, 0.29) is 22.0 Å². The number of nitrogens with zero attached hydrogens (tertiary/aromatic N) is 3. The lowest BCUT2D eigenvalue weighted by atomic mass is 9.95. The van der Waals surface area contributed by atoms with Gasteiger partial charge >= 0.3 is 5.91 Å². The summed E-state index contributed by atoms with van der Waals surface area (Å²) >= 11 is 4.49. The molecule has 2 heterocycles. The Morgan fingerprint density at radius 2 is 1.93 bits per heavy atom. The number of Topliss-reactive ketones (excluding diaryl/α,β-unsaturated/α-hetero) is 1. The summed E-state index contributed by atoms with van der Waals surface area (Å²) in [7, 11) is 0. The van der Waals surface area contributed by atoms with E-state index in [2.05, 4.69) is 26.1 Å². The zero-order chi connectivity index (χ0) is 19.8. The summed E-state index contributed by atoms with van der Waals surface area (Å²) in [6.07, 6.45) is 0. The summed E-state index contributed by atoms with van der Waals surface area (Å²) in [5, 5.41) is 18.7. The van der Waals surface area contributed by atoms with Crippen LogP contribution in [0.25, 0.3) is 5.76 Å². The van der Waals surface area contributed by atoms with Gasteiger partial charge in [0.1, 0.15) is 17.1 Å².